The number of methoxy groups -OCH3 is 1. The van der Waals surface area contributed by atoms with E-state index in [4.69, 9.17) is 9.47 Å². The monoisotopic (exact) mass is 374 g/mol. The standard InChI is InChI=1S/C23H19FN2O2/c1-27-21-9-5-8-18-20-14-19(15-6-3-2-4-7-15)25-26(20)23(28-22(18)21)16-10-12-17(24)13-11-16/h2-14,20,23,25H,1H3/t20-,23+/m0/s1. The van der Waals surface area contributed by atoms with Crippen LogP contribution in [0.25, 0.3) is 5.70 Å². The lowest BCUT2D eigenvalue weighted by Crippen LogP contribution is -2.43. The molecule has 0 fully saturated rings. The number of hydrazine groups is 1. The van der Waals surface area contributed by atoms with Crippen LogP contribution in [0.3, 0.4) is 0 Å². The number of benzene rings is 3. The Hall–Kier alpha value is -3.31. The summed E-state index contributed by atoms with van der Waals surface area (Å²) in [4.78, 5) is 0. The minimum atomic E-state index is -0.424. The topological polar surface area (TPSA) is 33.7 Å². The SMILES string of the molecule is COc1cccc2c1O[C@H](c1ccc(F)cc1)N1NC(c3ccccc3)=C[C@@H]21. The number of hydrogen-bond donors (Lipinski definition) is 1. The summed E-state index contributed by atoms with van der Waals surface area (Å²) in [6.07, 6.45) is 1.76. The predicted octanol–water partition coefficient (Wildman–Crippen LogP) is 4.83. The molecule has 0 bridgehead atoms. The zero-order valence-electron chi connectivity index (χ0n) is 15.3. The third kappa shape index (κ3) is 2.72. The van der Waals surface area contributed by atoms with E-state index in [1.165, 1.54) is 12.1 Å². The van der Waals surface area contributed by atoms with Crippen molar-refractivity contribution in [1.29, 1.82) is 0 Å². The van der Waals surface area contributed by atoms with Crippen LogP contribution in [0.15, 0.2) is 78.9 Å². The van der Waals surface area contributed by atoms with Crippen molar-refractivity contribution >= 4 is 5.70 Å². The van der Waals surface area contributed by atoms with E-state index >= 15 is 0 Å². The highest BCUT2D eigenvalue weighted by Gasteiger charge is 2.41. The van der Waals surface area contributed by atoms with Crippen molar-refractivity contribution in [2.45, 2.75) is 12.3 Å². The Morgan fingerprint density at radius 3 is 2.50 bits per heavy atom. The van der Waals surface area contributed by atoms with Crippen molar-refractivity contribution in [2.24, 2.45) is 0 Å². The lowest BCUT2D eigenvalue weighted by molar-refractivity contribution is -0.0343. The molecule has 4 nitrogen and oxygen atoms in total. The number of ether oxygens (including phenoxy) is 2. The molecule has 0 saturated carbocycles. The van der Waals surface area contributed by atoms with Gasteiger partial charge in [0.05, 0.1) is 18.8 Å². The van der Waals surface area contributed by atoms with Crippen LogP contribution in [-0.2, 0) is 0 Å². The van der Waals surface area contributed by atoms with Crippen molar-refractivity contribution in [2.75, 3.05) is 7.11 Å². The molecule has 0 saturated heterocycles. The number of hydrogen-bond acceptors (Lipinski definition) is 4. The lowest BCUT2D eigenvalue weighted by atomic mass is 10.00. The molecule has 140 valence electrons. The fraction of sp³-hybridized carbons (Fsp3) is 0.130. The summed E-state index contributed by atoms with van der Waals surface area (Å²) in [6.45, 7) is 0. The van der Waals surface area contributed by atoms with Crippen LogP contribution in [0.1, 0.15) is 29.0 Å². The summed E-state index contributed by atoms with van der Waals surface area (Å²) in [5.74, 6) is 1.13. The van der Waals surface area contributed by atoms with Gasteiger partial charge >= 0.3 is 0 Å². The highest BCUT2D eigenvalue weighted by atomic mass is 19.1. The maximum atomic E-state index is 13.5. The summed E-state index contributed by atoms with van der Waals surface area (Å²) in [6, 6.07) is 22.4. The van der Waals surface area contributed by atoms with Gasteiger partial charge in [0.1, 0.15) is 5.82 Å². The second kappa shape index (κ2) is 6.69. The van der Waals surface area contributed by atoms with Crippen molar-refractivity contribution < 1.29 is 13.9 Å². The number of para-hydroxylation sites is 1. The van der Waals surface area contributed by atoms with E-state index in [0.29, 0.717) is 11.5 Å². The fourth-order valence-corrected chi connectivity index (χ4v) is 3.78. The minimum Gasteiger partial charge on any atom is -0.493 e. The molecule has 5 rings (SSSR count). The van der Waals surface area contributed by atoms with Gasteiger partial charge in [-0.15, -0.1) is 0 Å². The summed E-state index contributed by atoms with van der Waals surface area (Å²) >= 11 is 0. The van der Waals surface area contributed by atoms with Crippen LogP contribution >= 0.6 is 0 Å². The number of rotatable bonds is 3. The van der Waals surface area contributed by atoms with Crippen LogP contribution in [-0.4, -0.2) is 12.1 Å². The third-order valence-corrected chi connectivity index (χ3v) is 5.14. The largest absolute Gasteiger partial charge is 0.493 e. The first-order valence-corrected chi connectivity index (χ1v) is 9.16. The molecule has 0 radical (unpaired) electrons. The third-order valence-electron chi connectivity index (χ3n) is 5.14. The van der Waals surface area contributed by atoms with E-state index in [-0.39, 0.29) is 11.9 Å². The van der Waals surface area contributed by atoms with Gasteiger partial charge in [0, 0.05) is 11.1 Å². The van der Waals surface area contributed by atoms with E-state index in [2.05, 4.69) is 28.6 Å². The molecule has 2 heterocycles. The molecule has 0 spiro atoms. The molecule has 1 N–H and O–H groups in total. The van der Waals surface area contributed by atoms with E-state index in [1.54, 1.807) is 19.2 Å². The fourth-order valence-electron chi connectivity index (χ4n) is 3.78. The van der Waals surface area contributed by atoms with E-state index in [9.17, 15) is 4.39 Å². The Morgan fingerprint density at radius 1 is 0.964 bits per heavy atom. The molecule has 28 heavy (non-hydrogen) atoms. The van der Waals surface area contributed by atoms with Crippen LogP contribution in [0, 0.1) is 5.82 Å². The number of fused-ring (bicyclic) bond motifs is 3. The Balaban J connectivity index is 1.62. The molecule has 3 aromatic rings. The normalized spacial score (nSPS) is 20.4. The van der Waals surface area contributed by atoms with Crippen LogP contribution in [0.5, 0.6) is 11.5 Å². The predicted molar refractivity (Wildman–Crippen MR) is 105 cm³/mol. The van der Waals surface area contributed by atoms with Gasteiger partial charge in [0.15, 0.2) is 17.7 Å². The first-order chi connectivity index (χ1) is 13.7. The zero-order valence-corrected chi connectivity index (χ0v) is 15.3. The Labute approximate surface area is 162 Å². The maximum Gasteiger partial charge on any atom is 0.196 e. The van der Waals surface area contributed by atoms with Gasteiger partial charge in [0.2, 0.25) is 0 Å². The number of nitrogens with zero attached hydrogens (tertiary/aromatic N) is 1. The molecular weight excluding hydrogens is 355 g/mol. The first-order valence-electron chi connectivity index (χ1n) is 9.16. The average molecular weight is 374 g/mol. The highest BCUT2D eigenvalue weighted by Crippen LogP contribution is 2.49. The van der Waals surface area contributed by atoms with E-state index in [1.807, 2.05) is 36.4 Å². The molecule has 0 aromatic heterocycles. The second-order valence-electron chi connectivity index (χ2n) is 6.81. The van der Waals surface area contributed by atoms with Gasteiger partial charge in [-0.3, -0.25) is 0 Å². The quantitative estimate of drug-likeness (QED) is 0.712. The van der Waals surface area contributed by atoms with Gasteiger partial charge < -0.3 is 14.9 Å². The van der Waals surface area contributed by atoms with Gasteiger partial charge in [0.25, 0.3) is 0 Å². The van der Waals surface area contributed by atoms with Gasteiger partial charge in [-0.1, -0.05) is 54.6 Å². The molecule has 5 heteroatoms. The smallest absolute Gasteiger partial charge is 0.196 e. The van der Waals surface area contributed by atoms with Crippen LogP contribution in [0.4, 0.5) is 4.39 Å². The summed E-state index contributed by atoms with van der Waals surface area (Å²) in [7, 11) is 1.64. The molecule has 0 unspecified atom stereocenters. The number of nitrogens with one attached hydrogen (secondary N) is 1. The van der Waals surface area contributed by atoms with Crippen molar-refractivity contribution in [3.8, 4) is 11.5 Å². The van der Waals surface area contributed by atoms with Gasteiger partial charge in [-0.2, -0.15) is 5.01 Å². The highest BCUT2D eigenvalue weighted by molar-refractivity contribution is 5.68. The Morgan fingerprint density at radius 2 is 1.75 bits per heavy atom. The lowest BCUT2D eigenvalue weighted by Gasteiger charge is -2.39. The summed E-state index contributed by atoms with van der Waals surface area (Å²) in [5, 5.41) is 2.05. The van der Waals surface area contributed by atoms with Crippen molar-refractivity contribution in [3.63, 3.8) is 0 Å². The number of halogens is 1. The molecule has 0 amide bonds. The molecule has 3 aromatic carbocycles. The summed E-state index contributed by atoms with van der Waals surface area (Å²) < 4.78 is 25.4. The molecular formula is C23H19FN2O2. The molecule has 0 aliphatic carbocycles. The van der Waals surface area contributed by atoms with E-state index < -0.39 is 6.23 Å². The minimum absolute atomic E-state index is 0.0379. The van der Waals surface area contributed by atoms with Crippen LogP contribution in [0.2, 0.25) is 0 Å². The second-order valence-corrected chi connectivity index (χ2v) is 6.81. The Bertz CT molecular complexity index is 1030. The molecule has 2 atom stereocenters. The van der Waals surface area contributed by atoms with Crippen LogP contribution < -0.4 is 14.9 Å². The van der Waals surface area contributed by atoms with Crippen molar-refractivity contribution in [3.05, 3.63) is 101 Å². The average Bonchev–Trinajstić information content (AvgIpc) is 3.20. The Kier molecular flexibility index (Phi) is 4.02. The maximum absolute atomic E-state index is 13.5. The summed E-state index contributed by atoms with van der Waals surface area (Å²) in [5.41, 5.74) is 7.48. The van der Waals surface area contributed by atoms with E-state index in [0.717, 1.165) is 22.4 Å². The first kappa shape index (κ1) is 16.8. The molecule has 2 aliphatic heterocycles. The zero-order chi connectivity index (χ0) is 19.1. The van der Waals surface area contributed by atoms with Gasteiger partial charge in [-0.05, 0) is 29.8 Å². The van der Waals surface area contributed by atoms with Crippen molar-refractivity contribution in [1.82, 2.24) is 10.4 Å². The molecule has 2 aliphatic rings. The van der Waals surface area contributed by atoms with Gasteiger partial charge in [-0.25, -0.2) is 4.39 Å².